The number of carbonyl (C=O) groups is 4. The van der Waals surface area contributed by atoms with Crippen LogP contribution in [0.5, 0.6) is 5.75 Å². The minimum absolute atomic E-state index is 0.0227. The molecule has 2 aromatic carbocycles. The van der Waals surface area contributed by atoms with Crippen molar-refractivity contribution in [3.05, 3.63) is 64.7 Å². The van der Waals surface area contributed by atoms with Crippen LogP contribution in [0.15, 0.2) is 42.5 Å². The number of nitrogens with zero attached hydrogens (tertiary/aromatic N) is 1. The molecule has 2 aliphatic heterocycles. The number of amides is 3. The van der Waals surface area contributed by atoms with Gasteiger partial charge in [0.2, 0.25) is 17.6 Å². The molecule has 1 N–H and O–H groups in total. The minimum atomic E-state index is -3.71. The molecule has 0 bridgehead atoms. The summed E-state index contributed by atoms with van der Waals surface area (Å²) >= 11 is 0. The molecule has 4 rings (SSSR count). The van der Waals surface area contributed by atoms with E-state index in [0.29, 0.717) is 16.7 Å². The number of Topliss-reactive ketones (excluding diaryl/α,β-unsaturated/α-hetero) is 1. The van der Waals surface area contributed by atoms with Crippen molar-refractivity contribution >= 4 is 23.5 Å². The van der Waals surface area contributed by atoms with E-state index in [9.17, 15) is 19.2 Å². The van der Waals surface area contributed by atoms with Gasteiger partial charge in [0.05, 0.1) is 11.7 Å². The van der Waals surface area contributed by atoms with Crippen molar-refractivity contribution in [2.45, 2.75) is 64.1 Å². The smallest absolute Gasteiger partial charge is 0.334 e. The molecular formula is C26H26F2N2O5. The van der Waals surface area contributed by atoms with Crippen molar-refractivity contribution in [1.29, 1.82) is 0 Å². The number of ketones is 1. The molecule has 0 aromatic heterocycles. The highest BCUT2D eigenvalue weighted by atomic mass is 19.3. The van der Waals surface area contributed by atoms with Crippen LogP contribution in [0, 0.1) is 0 Å². The topological polar surface area (TPSA) is 92.8 Å². The fourth-order valence-electron chi connectivity index (χ4n) is 4.43. The molecule has 9 heteroatoms. The number of hydrogen-bond acceptors (Lipinski definition) is 5. The van der Waals surface area contributed by atoms with Crippen molar-refractivity contribution < 1.29 is 32.7 Å². The molecule has 2 aromatic rings. The lowest BCUT2D eigenvalue weighted by Crippen LogP contribution is -2.52. The second kappa shape index (κ2) is 9.56. The summed E-state index contributed by atoms with van der Waals surface area (Å²) in [6, 6.07) is 9.83. The van der Waals surface area contributed by atoms with Crippen LogP contribution in [-0.2, 0) is 33.3 Å². The normalized spacial score (nSPS) is 18.0. The van der Waals surface area contributed by atoms with E-state index in [1.54, 1.807) is 38.1 Å². The predicted molar refractivity (Wildman–Crippen MR) is 122 cm³/mol. The molecule has 3 amide bonds. The lowest BCUT2D eigenvalue weighted by atomic mass is 9.97. The van der Waals surface area contributed by atoms with Gasteiger partial charge in [0.15, 0.2) is 0 Å². The van der Waals surface area contributed by atoms with E-state index >= 15 is 8.78 Å². The number of fused-ring (bicyclic) bond motifs is 1. The molecule has 1 unspecified atom stereocenters. The quantitative estimate of drug-likeness (QED) is 0.579. The number of aryl methyl sites for hydroxylation is 1. The van der Waals surface area contributed by atoms with E-state index in [0.717, 1.165) is 0 Å². The van der Waals surface area contributed by atoms with Crippen LogP contribution in [0.25, 0.3) is 0 Å². The fraction of sp³-hybridized carbons (Fsp3) is 0.385. The molecule has 2 heterocycles. The second-order valence-electron chi connectivity index (χ2n) is 9.05. The van der Waals surface area contributed by atoms with Gasteiger partial charge in [-0.3, -0.25) is 24.5 Å². The summed E-state index contributed by atoms with van der Waals surface area (Å²) in [4.78, 5) is 50.3. The van der Waals surface area contributed by atoms with Gasteiger partial charge in [-0.15, -0.1) is 0 Å². The summed E-state index contributed by atoms with van der Waals surface area (Å²) in [7, 11) is 0. The molecule has 7 nitrogen and oxygen atoms in total. The SMILES string of the molecule is CC(C)Oc1ccccc1C(F)(F)C(=O)CCc1ccc2c(c1)CN(C1CCC(=O)NC1=O)C2=O. The fourth-order valence-corrected chi connectivity index (χ4v) is 4.43. The first-order valence-corrected chi connectivity index (χ1v) is 11.5. The third kappa shape index (κ3) is 4.94. The first kappa shape index (κ1) is 24.5. The number of ether oxygens (including phenoxy) is 1. The van der Waals surface area contributed by atoms with Gasteiger partial charge in [-0.1, -0.05) is 24.3 Å². The number of imide groups is 1. The standard InChI is InChI=1S/C26H26F2N2O5/c1-15(2)35-21-6-4-3-5-19(21)26(27,28)22(31)11-8-16-7-9-18-17(13-16)14-30(25(18)34)20-10-12-23(32)29-24(20)33/h3-7,9,13,15,20H,8,10-12,14H2,1-2H3,(H,29,32,33). The summed E-state index contributed by atoms with van der Waals surface area (Å²) in [5.41, 5.74) is 1.26. The molecule has 0 spiro atoms. The van der Waals surface area contributed by atoms with Crippen LogP contribution in [0.3, 0.4) is 0 Å². The first-order chi connectivity index (χ1) is 16.6. The molecule has 1 atom stereocenters. The van der Waals surface area contributed by atoms with Gasteiger partial charge in [0.1, 0.15) is 11.8 Å². The summed E-state index contributed by atoms with van der Waals surface area (Å²) in [6.07, 6.45) is -0.240. The number of para-hydroxylation sites is 1. The summed E-state index contributed by atoms with van der Waals surface area (Å²) in [5, 5.41) is 2.25. The van der Waals surface area contributed by atoms with Gasteiger partial charge in [-0.25, -0.2) is 0 Å². The van der Waals surface area contributed by atoms with Crippen LogP contribution in [0.1, 0.15) is 60.2 Å². The highest BCUT2D eigenvalue weighted by Crippen LogP contribution is 2.37. The molecule has 0 aliphatic carbocycles. The molecule has 1 saturated heterocycles. The number of nitrogens with one attached hydrogen (secondary N) is 1. The van der Waals surface area contributed by atoms with Crippen molar-refractivity contribution in [3.8, 4) is 5.75 Å². The van der Waals surface area contributed by atoms with Gasteiger partial charge in [-0.05, 0) is 56.0 Å². The highest BCUT2D eigenvalue weighted by molar-refractivity contribution is 6.05. The Bertz CT molecular complexity index is 1190. The maximum atomic E-state index is 15.0. The van der Waals surface area contributed by atoms with Crippen LogP contribution in [-0.4, -0.2) is 40.6 Å². The zero-order chi connectivity index (χ0) is 25.3. The Morgan fingerprint density at radius 2 is 1.91 bits per heavy atom. The monoisotopic (exact) mass is 484 g/mol. The van der Waals surface area contributed by atoms with Crippen LogP contribution in [0.4, 0.5) is 8.78 Å². The second-order valence-corrected chi connectivity index (χ2v) is 9.05. The van der Waals surface area contributed by atoms with Crippen molar-refractivity contribution in [1.82, 2.24) is 10.2 Å². The lowest BCUT2D eigenvalue weighted by molar-refractivity contribution is -0.144. The number of alkyl halides is 2. The molecule has 0 radical (unpaired) electrons. The number of rotatable bonds is 8. The van der Waals surface area contributed by atoms with E-state index in [1.165, 1.54) is 23.1 Å². The van der Waals surface area contributed by atoms with Gasteiger partial charge in [0, 0.05) is 24.9 Å². The third-order valence-electron chi connectivity index (χ3n) is 6.17. The van der Waals surface area contributed by atoms with Crippen LogP contribution < -0.4 is 10.1 Å². The summed E-state index contributed by atoms with van der Waals surface area (Å²) in [6.45, 7) is 3.62. The summed E-state index contributed by atoms with van der Waals surface area (Å²) in [5.74, 6) is -6.13. The number of piperidine rings is 1. The maximum Gasteiger partial charge on any atom is 0.334 e. The summed E-state index contributed by atoms with van der Waals surface area (Å²) < 4.78 is 35.5. The zero-order valence-corrected chi connectivity index (χ0v) is 19.5. The molecule has 35 heavy (non-hydrogen) atoms. The van der Waals surface area contributed by atoms with Crippen molar-refractivity contribution in [2.75, 3.05) is 0 Å². The molecule has 0 saturated carbocycles. The Labute approximate surface area is 201 Å². The third-order valence-corrected chi connectivity index (χ3v) is 6.17. The predicted octanol–water partition coefficient (Wildman–Crippen LogP) is 3.53. The van der Waals surface area contributed by atoms with Crippen molar-refractivity contribution in [3.63, 3.8) is 0 Å². The van der Waals surface area contributed by atoms with Gasteiger partial charge >= 0.3 is 5.92 Å². The van der Waals surface area contributed by atoms with E-state index < -0.39 is 35.6 Å². The van der Waals surface area contributed by atoms with Crippen LogP contribution in [0.2, 0.25) is 0 Å². The Morgan fingerprint density at radius 1 is 1.17 bits per heavy atom. The van der Waals surface area contributed by atoms with E-state index in [1.807, 2.05) is 0 Å². The lowest BCUT2D eigenvalue weighted by Gasteiger charge is -2.29. The Morgan fingerprint density at radius 3 is 2.63 bits per heavy atom. The Balaban J connectivity index is 1.44. The van der Waals surface area contributed by atoms with E-state index in [4.69, 9.17) is 4.74 Å². The molecule has 2 aliphatic rings. The average Bonchev–Trinajstić information content (AvgIpc) is 3.12. The van der Waals surface area contributed by atoms with E-state index in [-0.39, 0.29) is 49.5 Å². The van der Waals surface area contributed by atoms with Gasteiger partial charge in [-0.2, -0.15) is 8.78 Å². The zero-order valence-electron chi connectivity index (χ0n) is 19.5. The Hall–Kier alpha value is -3.62. The number of carbonyl (C=O) groups excluding carboxylic acids is 4. The first-order valence-electron chi connectivity index (χ1n) is 11.5. The van der Waals surface area contributed by atoms with Crippen molar-refractivity contribution in [2.24, 2.45) is 0 Å². The Kier molecular flexibility index (Phi) is 6.69. The number of benzene rings is 2. The number of halogens is 2. The van der Waals surface area contributed by atoms with Crippen LogP contribution >= 0.6 is 0 Å². The molecule has 1 fully saturated rings. The molecule has 184 valence electrons. The van der Waals surface area contributed by atoms with Gasteiger partial charge < -0.3 is 9.64 Å². The average molecular weight is 484 g/mol. The minimum Gasteiger partial charge on any atom is -0.490 e. The van der Waals surface area contributed by atoms with E-state index in [2.05, 4.69) is 5.32 Å². The van der Waals surface area contributed by atoms with Gasteiger partial charge in [0.25, 0.3) is 5.91 Å². The highest BCUT2D eigenvalue weighted by Gasteiger charge is 2.43. The maximum absolute atomic E-state index is 15.0. The number of hydrogen-bond donors (Lipinski definition) is 1. The largest absolute Gasteiger partial charge is 0.490 e. The molecular weight excluding hydrogens is 458 g/mol.